The molecule has 3 heterocycles. The van der Waals surface area contributed by atoms with Gasteiger partial charge in [0.05, 0.1) is 23.1 Å². The number of likely N-dealkylation sites (tertiary alicyclic amines) is 1. The average molecular weight is 369 g/mol. The second kappa shape index (κ2) is 6.39. The lowest BCUT2D eigenvalue weighted by atomic mass is 10.1. The SMILES string of the molecule is O=C(c1cc(-c2ccccc2)c(N2CCOCC2)s1)N1CCCC12CC2. The topological polar surface area (TPSA) is 32.8 Å². The second-order valence-corrected chi connectivity index (χ2v) is 8.61. The third-order valence-corrected chi connectivity index (χ3v) is 7.16. The molecule has 5 rings (SSSR count). The van der Waals surface area contributed by atoms with Crippen molar-refractivity contribution in [3.63, 3.8) is 0 Å². The number of carbonyl (C=O) groups is 1. The first kappa shape index (κ1) is 16.3. The zero-order valence-corrected chi connectivity index (χ0v) is 15.8. The van der Waals surface area contributed by atoms with Crippen molar-refractivity contribution in [1.29, 1.82) is 0 Å². The lowest BCUT2D eigenvalue weighted by molar-refractivity contribution is 0.0722. The van der Waals surface area contributed by atoms with E-state index in [2.05, 4.69) is 40.1 Å². The number of benzene rings is 1. The third-order valence-electron chi connectivity index (χ3n) is 5.98. The lowest BCUT2D eigenvalue weighted by Crippen LogP contribution is -2.36. The van der Waals surface area contributed by atoms with Gasteiger partial charge in [-0.05, 0) is 37.3 Å². The van der Waals surface area contributed by atoms with Gasteiger partial charge in [-0.2, -0.15) is 0 Å². The molecular formula is C21H24N2O2S. The first-order valence-electron chi connectivity index (χ1n) is 9.61. The van der Waals surface area contributed by atoms with Crippen LogP contribution in [0.25, 0.3) is 11.1 Å². The molecule has 1 aromatic heterocycles. The lowest BCUT2D eigenvalue weighted by Gasteiger charge is -2.28. The Labute approximate surface area is 158 Å². The van der Waals surface area contributed by atoms with Crippen LogP contribution in [0.4, 0.5) is 5.00 Å². The van der Waals surface area contributed by atoms with E-state index >= 15 is 0 Å². The van der Waals surface area contributed by atoms with Gasteiger partial charge in [-0.15, -0.1) is 11.3 Å². The zero-order valence-electron chi connectivity index (χ0n) is 14.9. The summed E-state index contributed by atoms with van der Waals surface area (Å²) in [5.74, 6) is 0.238. The Kier molecular flexibility index (Phi) is 4.02. The van der Waals surface area contributed by atoms with Gasteiger partial charge in [-0.3, -0.25) is 4.79 Å². The summed E-state index contributed by atoms with van der Waals surface area (Å²) >= 11 is 1.66. The molecule has 0 N–H and O–H groups in total. The molecule has 1 aromatic carbocycles. The van der Waals surface area contributed by atoms with E-state index < -0.39 is 0 Å². The number of morpholine rings is 1. The largest absolute Gasteiger partial charge is 0.378 e. The molecule has 3 aliphatic rings. The van der Waals surface area contributed by atoms with Crippen LogP contribution in [-0.2, 0) is 4.74 Å². The van der Waals surface area contributed by atoms with Gasteiger partial charge in [0.15, 0.2) is 0 Å². The molecule has 0 bridgehead atoms. The molecule has 0 unspecified atom stereocenters. The maximum Gasteiger partial charge on any atom is 0.264 e. The van der Waals surface area contributed by atoms with E-state index in [0.717, 1.165) is 44.1 Å². The summed E-state index contributed by atoms with van der Waals surface area (Å²) in [6, 6.07) is 12.6. The van der Waals surface area contributed by atoms with E-state index in [0.29, 0.717) is 0 Å². The highest BCUT2D eigenvalue weighted by atomic mass is 32.1. The summed E-state index contributed by atoms with van der Waals surface area (Å²) in [7, 11) is 0. The minimum absolute atomic E-state index is 0.201. The highest BCUT2D eigenvalue weighted by molar-refractivity contribution is 7.18. The Bertz CT molecular complexity index is 807. The number of ether oxygens (including phenoxy) is 1. The van der Waals surface area contributed by atoms with E-state index in [1.807, 2.05) is 6.07 Å². The Morgan fingerprint density at radius 1 is 1.04 bits per heavy atom. The Morgan fingerprint density at radius 3 is 2.54 bits per heavy atom. The van der Waals surface area contributed by atoms with E-state index in [1.54, 1.807) is 11.3 Å². The highest BCUT2D eigenvalue weighted by Crippen LogP contribution is 2.51. The number of nitrogens with zero attached hydrogens (tertiary/aromatic N) is 2. The van der Waals surface area contributed by atoms with Crippen molar-refractivity contribution in [2.45, 2.75) is 31.2 Å². The molecule has 1 spiro atoms. The molecule has 5 heteroatoms. The van der Waals surface area contributed by atoms with Gasteiger partial charge in [0.1, 0.15) is 0 Å². The first-order chi connectivity index (χ1) is 12.8. The summed E-state index contributed by atoms with van der Waals surface area (Å²) in [4.78, 5) is 18.7. The van der Waals surface area contributed by atoms with Crippen molar-refractivity contribution in [2.75, 3.05) is 37.7 Å². The van der Waals surface area contributed by atoms with Crippen LogP contribution in [0.15, 0.2) is 36.4 Å². The average Bonchev–Trinajstić information content (AvgIpc) is 3.15. The fourth-order valence-corrected chi connectivity index (χ4v) is 5.55. The fourth-order valence-electron chi connectivity index (χ4n) is 4.37. The monoisotopic (exact) mass is 368 g/mol. The number of hydrogen-bond donors (Lipinski definition) is 0. The molecule has 1 aliphatic carbocycles. The van der Waals surface area contributed by atoms with Crippen LogP contribution in [-0.4, -0.2) is 49.2 Å². The van der Waals surface area contributed by atoms with Crippen molar-refractivity contribution >= 4 is 22.2 Å². The number of rotatable bonds is 3. The van der Waals surface area contributed by atoms with Crippen LogP contribution in [0.1, 0.15) is 35.4 Å². The summed E-state index contributed by atoms with van der Waals surface area (Å²) in [5, 5.41) is 1.21. The predicted molar refractivity (Wildman–Crippen MR) is 105 cm³/mol. The number of hydrogen-bond acceptors (Lipinski definition) is 4. The standard InChI is InChI=1S/C21H24N2O2S/c24-19(23-10-4-7-21(23)8-9-21)18-15-17(16-5-2-1-3-6-16)20(26-18)22-11-13-25-14-12-22/h1-3,5-6,15H,4,7-14H2. The van der Waals surface area contributed by atoms with Crippen molar-refractivity contribution in [3.8, 4) is 11.1 Å². The summed E-state index contributed by atoms with van der Waals surface area (Å²) in [6.07, 6.45) is 4.71. The molecule has 1 amide bonds. The zero-order chi connectivity index (χ0) is 17.6. The van der Waals surface area contributed by atoms with Crippen molar-refractivity contribution in [3.05, 3.63) is 41.3 Å². The minimum atomic E-state index is 0.201. The fraction of sp³-hybridized carbons (Fsp3) is 0.476. The van der Waals surface area contributed by atoms with E-state index in [4.69, 9.17) is 4.74 Å². The van der Waals surface area contributed by atoms with Gasteiger partial charge in [-0.1, -0.05) is 30.3 Å². The van der Waals surface area contributed by atoms with Crippen LogP contribution in [0.5, 0.6) is 0 Å². The van der Waals surface area contributed by atoms with Crippen LogP contribution < -0.4 is 4.90 Å². The molecule has 2 aliphatic heterocycles. The van der Waals surface area contributed by atoms with Crippen LogP contribution in [0, 0.1) is 0 Å². The summed E-state index contributed by atoms with van der Waals surface area (Å²) in [6.45, 7) is 4.21. The molecule has 0 atom stereocenters. The molecule has 0 radical (unpaired) electrons. The van der Waals surface area contributed by atoms with E-state index in [-0.39, 0.29) is 11.4 Å². The maximum atomic E-state index is 13.3. The van der Waals surface area contributed by atoms with Gasteiger partial charge in [0.25, 0.3) is 5.91 Å². The normalized spacial score (nSPS) is 21.4. The van der Waals surface area contributed by atoms with Crippen molar-refractivity contribution < 1.29 is 9.53 Å². The molecule has 2 saturated heterocycles. The molecule has 4 nitrogen and oxygen atoms in total. The number of anilines is 1. The van der Waals surface area contributed by atoms with Gasteiger partial charge in [0, 0.05) is 30.7 Å². The molecular weight excluding hydrogens is 344 g/mol. The summed E-state index contributed by atoms with van der Waals surface area (Å²) < 4.78 is 5.53. The molecule has 3 fully saturated rings. The second-order valence-electron chi connectivity index (χ2n) is 7.58. The van der Waals surface area contributed by atoms with Crippen LogP contribution >= 0.6 is 11.3 Å². The number of carbonyl (C=O) groups excluding carboxylic acids is 1. The molecule has 1 saturated carbocycles. The molecule has 136 valence electrons. The quantitative estimate of drug-likeness (QED) is 0.820. The van der Waals surface area contributed by atoms with Crippen LogP contribution in [0.3, 0.4) is 0 Å². The smallest absolute Gasteiger partial charge is 0.264 e. The van der Waals surface area contributed by atoms with Crippen molar-refractivity contribution in [1.82, 2.24) is 4.90 Å². The van der Waals surface area contributed by atoms with Gasteiger partial charge >= 0.3 is 0 Å². The van der Waals surface area contributed by atoms with E-state index in [9.17, 15) is 4.79 Å². The third kappa shape index (κ3) is 2.74. The van der Waals surface area contributed by atoms with Crippen LogP contribution in [0.2, 0.25) is 0 Å². The highest BCUT2D eigenvalue weighted by Gasteiger charge is 2.53. The first-order valence-corrected chi connectivity index (χ1v) is 10.4. The van der Waals surface area contributed by atoms with Gasteiger partial charge < -0.3 is 14.5 Å². The molecule has 2 aromatic rings. The Hall–Kier alpha value is -1.85. The number of thiophene rings is 1. The Balaban J connectivity index is 1.52. The predicted octanol–water partition coefficient (Wildman–Crippen LogP) is 4.02. The van der Waals surface area contributed by atoms with Gasteiger partial charge in [-0.25, -0.2) is 0 Å². The Morgan fingerprint density at radius 2 is 1.81 bits per heavy atom. The summed E-state index contributed by atoms with van der Waals surface area (Å²) in [5.41, 5.74) is 2.57. The minimum Gasteiger partial charge on any atom is -0.378 e. The van der Waals surface area contributed by atoms with E-state index in [1.165, 1.54) is 35.4 Å². The maximum absolute atomic E-state index is 13.3. The molecule has 26 heavy (non-hydrogen) atoms. The number of amides is 1. The van der Waals surface area contributed by atoms with Gasteiger partial charge in [0.2, 0.25) is 0 Å². The van der Waals surface area contributed by atoms with Crippen molar-refractivity contribution in [2.24, 2.45) is 0 Å².